The fraction of sp³-hybridized carbons (Fsp3) is 0.286. The fourth-order valence-electron chi connectivity index (χ4n) is 4.16. The molecule has 0 aliphatic rings. The van der Waals surface area contributed by atoms with Crippen LogP contribution in [0.25, 0.3) is 33.2 Å². The second kappa shape index (κ2) is 10.4. The molecule has 0 amide bonds. The molecule has 4 aromatic rings. The van der Waals surface area contributed by atoms with E-state index in [9.17, 15) is 0 Å². The van der Waals surface area contributed by atoms with Crippen molar-refractivity contribution in [3.05, 3.63) is 84.6 Å². The standard InChI is InChI=1S/C28H33N3S/c1-21(2)19-31-20-26(15-16-29-32-30(3)4)27-14-13-25(18-28(27)31)24-12-8-11-23(17-24)22-9-6-5-7-10-22/h5-14,17-18,20-21,29H,15-16,19H2,1-4H3. The van der Waals surface area contributed by atoms with Crippen molar-refractivity contribution in [1.29, 1.82) is 0 Å². The lowest BCUT2D eigenvalue weighted by atomic mass is 9.98. The number of rotatable bonds is 9. The third-order valence-electron chi connectivity index (χ3n) is 5.57. The zero-order valence-corrected chi connectivity index (χ0v) is 20.3. The lowest BCUT2D eigenvalue weighted by Gasteiger charge is -2.10. The smallest absolute Gasteiger partial charge is 0.0489 e. The molecule has 1 aromatic heterocycles. The molecule has 4 heteroatoms. The van der Waals surface area contributed by atoms with Crippen LogP contribution in [0.15, 0.2) is 79.0 Å². The van der Waals surface area contributed by atoms with Crippen LogP contribution in [-0.2, 0) is 13.0 Å². The first-order chi connectivity index (χ1) is 15.5. The molecule has 0 aliphatic carbocycles. The summed E-state index contributed by atoms with van der Waals surface area (Å²) in [4.78, 5) is 0. The zero-order valence-electron chi connectivity index (χ0n) is 19.5. The molecule has 0 saturated heterocycles. The highest BCUT2D eigenvalue weighted by molar-refractivity contribution is 7.95. The van der Waals surface area contributed by atoms with Crippen LogP contribution in [0.4, 0.5) is 0 Å². The molecular weight excluding hydrogens is 410 g/mol. The first-order valence-corrected chi connectivity index (χ1v) is 12.1. The molecule has 32 heavy (non-hydrogen) atoms. The van der Waals surface area contributed by atoms with E-state index in [2.05, 4.69) is 121 Å². The molecule has 0 fully saturated rings. The summed E-state index contributed by atoms with van der Waals surface area (Å²) in [5.41, 5.74) is 7.78. The normalized spacial score (nSPS) is 11.7. The Kier molecular flexibility index (Phi) is 7.36. The first-order valence-electron chi connectivity index (χ1n) is 11.4. The molecule has 0 atom stereocenters. The van der Waals surface area contributed by atoms with E-state index in [4.69, 9.17) is 0 Å². The number of benzene rings is 3. The molecule has 0 bridgehead atoms. The topological polar surface area (TPSA) is 20.2 Å². The van der Waals surface area contributed by atoms with E-state index in [1.165, 1.54) is 38.7 Å². The molecular formula is C28H33N3S. The number of aromatic nitrogens is 1. The van der Waals surface area contributed by atoms with Crippen molar-refractivity contribution in [2.45, 2.75) is 26.8 Å². The Morgan fingerprint density at radius 2 is 1.53 bits per heavy atom. The van der Waals surface area contributed by atoms with Gasteiger partial charge >= 0.3 is 0 Å². The molecule has 3 aromatic carbocycles. The number of hydrogen-bond acceptors (Lipinski definition) is 3. The second-order valence-electron chi connectivity index (χ2n) is 8.93. The number of nitrogens with zero attached hydrogens (tertiary/aromatic N) is 2. The minimum atomic E-state index is 0.603. The van der Waals surface area contributed by atoms with Gasteiger partial charge in [0.2, 0.25) is 0 Å². The lowest BCUT2D eigenvalue weighted by molar-refractivity contribution is 0.534. The van der Waals surface area contributed by atoms with Crippen LogP contribution < -0.4 is 4.72 Å². The largest absolute Gasteiger partial charge is 0.347 e. The van der Waals surface area contributed by atoms with Crippen molar-refractivity contribution in [2.24, 2.45) is 5.92 Å². The van der Waals surface area contributed by atoms with Crippen molar-refractivity contribution in [1.82, 2.24) is 13.6 Å². The summed E-state index contributed by atoms with van der Waals surface area (Å²) in [5, 5.41) is 1.37. The van der Waals surface area contributed by atoms with Crippen molar-refractivity contribution in [3.8, 4) is 22.3 Å². The van der Waals surface area contributed by atoms with Crippen molar-refractivity contribution in [3.63, 3.8) is 0 Å². The molecule has 3 nitrogen and oxygen atoms in total. The summed E-state index contributed by atoms with van der Waals surface area (Å²) >= 11 is 1.65. The number of nitrogens with one attached hydrogen (secondary N) is 1. The maximum absolute atomic E-state index is 3.44. The van der Waals surface area contributed by atoms with Crippen LogP contribution in [0, 0.1) is 5.92 Å². The summed E-state index contributed by atoms with van der Waals surface area (Å²) in [5.74, 6) is 0.603. The highest BCUT2D eigenvalue weighted by Gasteiger charge is 2.12. The van der Waals surface area contributed by atoms with Gasteiger partial charge in [0.15, 0.2) is 0 Å². The average molecular weight is 444 g/mol. The highest BCUT2D eigenvalue weighted by Crippen LogP contribution is 2.31. The monoisotopic (exact) mass is 443 g/mol. The molecule has 0 spiro atoms. The molecule has 166 valence electrons. The van der Waals surface area contributed by atoms with E-state index in [0.29, 0.717) is 5.92 Å². The Labute approximate surface area is 196 Å². The van der Waals surface area contributed by atoms with Gasteiger partial charge in [-0.1, -0.05) is 74.5 Å². The lowest BCUT2D eigenvalue weighted by Crippen LogP contribution is -2.15. The van der Waals surface area contributed by atoms with Crippen LogP contribution in [0.1, 0.15) is 19.4 Å². The Balaban J connectivity index is 1.67. The van der Waals surface area contributed by atoms with Gasteiger partial charge in [-0.25, -0.2) is 4.31 Å². The summed E-state index contributed by atoms with van der Waals surface area (Å²) < 4.78 is 7.97. The molecule has 1 heterocycles. The van der Waals surface area contributed by atoms with Gasteiger partial charge in [0.05, 0.1) is 0 Å². The van der Waals surface area contributed by atoms with E-state index >= 15 is 0 Å². The van der Waals surface area contributed by atoms with Crippen LogP contribution in [0.2, 0.25) is 0 Å². The van der Waals surface area contributed by atoms with Gasteiger partial charge in [-0.2, -0.15) is 0 Å². The Hall–Kier alpha value is -2.53. The molecule has 0 saturated carbocycles. The number of hydrogen-bond donors (Lipinski definition) is 1. The minimum absolute atomic E-state index is 0.603. The van der Waals surface area contributed by atoms with Gasteiger partial charge in [-0.3, -0.25) is 4.72 Å². The van der Waals surface area contributed by atoms with Crippen molar-refractivity contribution in [2.75, 3.05) is 20.6 Å². The summed E-state index contributed by atoms with van der Waals surface area (Å²) in [6.07, 6.45) is 3.38. The minimum Gasteiger partial charge on any atom is -0.347 e. The zero-order chi connectivity index (χ0) is 22.5. The maximum atomic E-state index is 3.44. The third-order valence-corrected chi connectivity index (χ3v) is 6.27. The molecule has 1 N–H and O–H groups in total. The van der Waals surface area contributed by atoms with E-state index in [1.807, 2.05) is 0 Å². The van der Waals surface area contributed by atoms with E-state index in [0.717, 1.165) is 19.5 Å². The van der Waals surface area contributed by atoms with Gasteiger partial charge in [-0.15, -0.1) is 0 Å². The van der Waals surface area contributed by atoms with Gasteiger partial charge in [0.1, 0.15) is 0 Å². The average Bonchev–Trinajstić information content (AvgIpc) is 3.13. The van der Waals surface area contributed by atoms with Crippen molar-refractivity contribution < 1.29 is 0 Å². The molecule has 0 aliphatic heterocycles. The van der Waals surface area contributed by atoms with E-state index in [-0.39, 0.29) is 0 Å². The van der Waals surface area contributed by atoms with Gasteiger partial charge in [0, 0.05) is 42.3 Å². The van der Waals surface area contributed by atoms with Crippen molar-refractivity contribution >= 4 is 23.0 Å². The molecule has 0 unspecified atom stereocenters. The number of fused-ring (bicyclic) bond motifs is 1. The Bertz CT molecular complexity index is 1160. The fourth-order valence-corrected chi connectivity index (χ4v) is 4.61. The predicted octanol–water partition coefficient (Wildman–Crippen LogP) is 6.89. The molecule has 0 radical (unpaired) electrons. The van der Waals surface area contributed by atoms with Gasteiger partial charge in [-0.05, 0) is 66.4 Å². The Morgan fingerprint density at radius 1 is 0.844 bits per heavy atom. The summed E-state index contributed by atoms with van der Waals surface area (Å²) in [6, 6.07) is 26.4. The van der Waals surface area contributed by atoms with Crippen LogP contribution in [0.5, 0.6) is 0 Å². The predicted molar refractivity (Wildman–Crippen MR) is 141 cm³/mol. The van der Waals surface area contributed by atoms with Crippen LogP contribution in [-0.4, -0.2) is 29.5 Å². The van der Waals surface area contributed by atoms with Crippen LogP contribution >= 0.6 is 12.1 Å². The summed E-state index contributed by atoms with van der Waals surface area (Å²) in [7, 11) is 4.11. The summed E-state index contributed by atoms with van der Waals surface area (Å²) in [6.45, 7) is 6.55. The third kappa shape index (κ3) is 5.44. The highest BCUT2D eigenvalue weighted by atomic mass is 32.2. The first kappa shape index (κ1) is 22.7. The SMILES string of the molecule is CC(C)Cn1cc(CCNSN(C)C)c2ccc(-c3cccc(-c4ccccc4)c3)cc21. The Morgan fingerprint density at radius 3 is 2.25 bits per heavy atom. The van der Waals surface area contributed by atoms with E-state index < -0.39 is 0 Å². The van der Waals surface area contributed by atoms with Gasteiger partial charge < -0.3 is 4.57 Å². The quantitative estimate of drug-likeness (QED) is 0.225. The van der Waals surface area contributed by atoms with E-state index in [1.54, 1.807) is 12.1 Å². The maximum Gasteiger partial charge on any atom is 0.0489 e. The van der Waals surface area contributed by atoms with Crippen LogP contribution in [0.3, 0.4) is 0 Å². The molecule has 4 rings (SSSR count). The van der Waals surface area contributed by atoms with Gasteiger partial charge in [0.25, 0.3) is 0 Å². The second-order valence-corrected chi connectivity index (χ2v) is 10.1.